The normalized spacial score (nSPS) is 20.4. The molecule has 2 heterocycles. The Bertz CT molecular complexity index is 485. The highest BCUT2D eigenvalue weighted by molar-refractivity contribution is 5.32. The van der Waals surface area contributed by atoms with Crippen molar-refractivity contribution in [3.05, 3.63) is 34.9 Å². The number of nitrogens with zero attached hydrogens (tertiary/aromatic N) is 2. The molecule has 0 aromatic heterocycles. The van der Waals surface area contributed by atoms with Gasteiger partial charge in [-0.3, -0.25) is 9.80 Å². The lowest BCUT2D eigenvalue weighted by molar-refractivity contribution is 0.209. The Kier molecular flexibility index (Phi) is 7.16. The quantitative estimate of drug-likeness (QED) is 0.695. The fraction of sp³-hybridized carbons (Fsp3) is 0.727. The summed E-state index contributed by atoms with van der Waals surface area (Å²) in [4.78, 5) is 5.35. The molecule has 0 radical (unpaired) electrons. The molecular formula is C22H36N2. The lowest BCUT2D eigenvalue weighted by Crippen LogP contribution is -2.32. The van der Waals surface area contributed by atoms with Gasteiger partial charge >= 0.3 is 0 Å². The van der Waals surface area contributed by atoms with Crippen LogP contribution in [-0.4, -0.2) is 36.0 Å². The van der Waals surface area contributed by atoms with Crippen LogP contribution in [0, 0.1) is 0 Å². The summed E-state index contributed by atoms with van der Waals surface area (Å²) >= 11 is 0. The van der Waals surface area contributed by atoms with E-state index in [-0.39, 0.29) is 0 Å². The minimum Gasteiger partial charge on any atom is -0.299 e. The maximum Gasteiger partial charge on any atom is 0.0237 e. The van der Waals surface area contributed by atoms with Gasteiger partial charge in [-0.15, -0.1) is 0 Å². The lowest BCUT2D eigenvalue weighted by Gasteiger charge is -2.30. The molecule has 2 saturated heterocycles. The second kappa shape index (κ2) is 9.58. The average Bonchev–Trinajstić information content (AvgIpc) is 2.63. The van der Waals surface area contributed by atoms with Crippen LogP contribution in [0.4, 0.5) is 0 Å². The van der Waals surface area contributed by atoms with Crippen LogP contribution >= 0.6 is 0 Å². The van der Waals surface area contributed by atoms with Crippen LogP contribution in [0.5, 0.6) is 0 Å². The van der Waals surface area contributed by atoms with Crippen molar-refractivity contribution >= 4 is 0 Å². The van der Waals surface area contributed by atoms with Crippen LogP contribution in [-0.2, 0) is 19.5 Å². The van der Waals surface area contributed by atoms with E-state index < -0.39 is 0 Å². The Labute approximate surface area is 149 Å². The third kappa shape index (κ3) is 5.32. The smallest absolute Gasteiger partial charge is 0.0237 e. The zero-order valence-electron chi connectivity index (χ0n) is 15.7. The summed E-state index contributed by atoms with van der Waals surface area (Å²) in [5, 5.41) is 0. The minimum absolute atomic E-state index is 1.16. The standard InChI is InChI=1S/C22H36N2/c1-2-3-10-20-11-12-21(18-23-13-6-4-7-14-23)22(17-20)19-24-15-8-5-9-16-24/h11-12,17H,2-10,13-16,18-19H2,1H3. The molecule has 2 nitrogen and oxygen atoms in total. The Morgan fingerprint density at radius 3 is 1.92 bits per heavy atom. The summed E-state index contributed by atoms with van der Waals surface area (Å²) < 4.78 is 0. The van der Waals surface area contributed by atoms with Gasteiger partial charge in [-0.1, -0.05) is 44.4 Å². The van der Waals surface area contributed by atoms with Crippen LogP contribution in [0.3, 0.4) is 0 Å². The number of hydrogen-bond donors (Lipinski definition) is 0. The van der Waals surface area contributed by atoms with Crippen molar-refractivity contribution in [1.82, 2.24) is 9.80 Å². The van der Waals surface area contributed by atoms with E-state index in [0.717, 1.165) is 6.54 Å². The molecular weight excluding hydrogens is 292 g/mol. The molecule has 3 rings (SSSR count). The maximum atomic E-state index is 2.68. The van der Waals surface area contributed by atoms with Gasteiger partial charge in [-0.2, -0.15) is 0 Å². The molecule has 0 spiro atoms. The van der Waals surface area contributed by atoms with Crippen molar-refractivity contribution in [3.63, 3.8) is 0 Å². The summed E-state index contributed by atoms with van der Waals surface area (Å²) in [5.74, 6) is 0. The predicted octanol–water partition coefficient (Wildman–Crippen LogP) is 5.00. The Morgan fingerprint density at radius 1 is 0.750 bits per heavy atom. The summed E-state index contributed by atoms with van der Waals surface area (Å²) in [6.45, 7) is 9.80. The van der Waals surface area contributed by atoms with Gasteiger partial charge in [0.25, 0.3) is 0 Å². The molecule has 0 unspecified atom stereocenters. The van der Waals surface area contributed by atoms with Crippen molar-refractivity contribution in [1.29, 1.82) is 0 Å². The number of piperidine rings is 2. The van der Waals surface area contributed by atoms with Gasteiger partial charge in [0.1, 0.15) is 0 Å². The fourth-order valence-electron chi connectivity index (χ4n) is 4.23. The Morgan fingerprint density at radius 2 is 1.33 bits per heavy atom. The van der Waals surface area contributed by atoms with Crippen molar-refractivity contribution < 1.29 is 0 Å². The van der Waals surface area contributed by atoms with Crippen molar-refractivity contribution in [2.45, 2.75) is 77.8 Å². The molecule has 0 amide bonds. The molecule has 2 fully saturated rings. The second-order valence-corrected chi connectivity index (χ2v) is 7.88. The number of hydrogen-bond acceptors (Lipinski definition) is 2. The van der Waals surface area contributed by atoms with E-state index in [9.17, 15) is 0 Å². The number of unbranched alkanes of at least 4 members (excludes halogenated alkanes) is 1. The van der Waals surface area contributed by atoms with Crippen LogP contribution in [0.15, 0.2) is 18.2 Å². The molecule has 2 aliphatic rings. The molecule has 2 heteroatoms. The first kappa shape index (κ1) is 17.9. The summed E-state index contributed by atoms with van der Waals surface area (Å²) in [6.07, 6.45) is 12.2. The molecule has 0 N–H and O–H groups in total. The van der Waals surface area contributed by atoms with Crippen LogP contribution in [0.1, 0.15) is 75.0 Å². The first-order valence-electron chi connectivity index (χ1n) is 10.4. The molecule has 2 aliphatic heterocycles. The molecule has 1 aromatic carbocycles. The van der Waals surface area contributed by atoms with E-state index in [1.807, 2.05) is 0 Å². The fourth-order valence-corrected chi connectivity index (χ4v) is 4.23. The van der Waals surface area contributed by atoms with Gasteiger partial charge in [-0.05, 0) is 81.4 Å². The van der Waals surface area contributed by atoms with Gasteiger partial charge in [0.2, 0.25) is 0 Å². The van der Waals surface area contributed by atoms with E-state index in [0.29, 0.717) is 0 Å². The first-order chi connectivity index (χ1) is 11.8. The molecule has 1 aromatic rings. The molecule has 0 aliphatic carbocycles. The van der Waals surface area contributed by atoms with Crippen LogP contribution in [0.25, 0.3) is 0 Å². The van der Waals surface area contributed by atoms with E-state index in [1.54, 1.807) is 16.7 Å². The number of likely N-dealkylation sites (tertiary alicyclic amines) is 2. The third-order valence-electron chi connectivity index (χ3n) is 5.77. The zero-order valence-corrected chi connectivity index (χ0v) is 15.7. The maximum absolute atomic E-state index is 2.68. The molecule has 0 bridgehead atoms. The SMILES string of the molecule is CCCCc1ccc(CN2CCCCC2)c(CN2CCCCC2)c1. The van der Waals surface area contributed by atoms with E-state index in [2.05, 4.69) is 34.9 Å². The second-order valence-electron chi connectivity index (χ2n) is 7.88. The van der Waals surface area contributed by atoms with Crippen molar-refractivity contribution in [2.24, 2.45) is 0 Å². The van der Waals surface area contributed by atoms with Gasteiger partial charge in [0.15, 0.2) is 0 Å². The number of rotatable bonds is 7. The van der Waals surface area contributed by atoms with Gasteiger partial charge in [0, 0.05) is 13.1 Å². The van der Waals surface area contributed by atoms with Crippen molar-refractivity contribution in [3.8, 4) is 0 Å². The van der Waals surface area contributed by atoms with Gasteiger partial charge in [0.05, 0.1) is 0 Å². The van der Waals surface area contributed by atoms with E-state index in [1.165, 1.54) is 90.5 Å². The Balaban J connectivity index is 1.71. The largest absolute Gasteiger partial charge is 0.299 e. The Hall–Kier alpha value is -0.860. The molecule has 0 saturated carbocycles. The highest BCUT2D eigenvalue weighted by atomic mass is 15.1. The molecule has 0 atom stereocenters. The predicted molar refractivity (Wildman–Crippen MR) is 103 cm³/mol. The summed E-state index contributed by atoms with van der Waals surface area (Å²) in [5.41, 5.74) is 4.74. The van der Waals surface area contributed by atoms with Gasteiger partial charge < -0.3 is 0 Å². The lowest BCUT2D eigenvalue weighted by atomic mass is 9.98. The minimum atomic E-state index is 1.16. The topological polar surface area (TPSA) is 6.48 Å². The number of benzene rings is 1. The highest BCUT2D eigenvalue weighted by Gasteiger charge is 2.16. The molecule has 134 valence electrons. The average molecular weight is 329 g/mol. The first-order valence-corrected chi connectivity index (χ1v) is 10.4. The monoisotopic (exact) mass is 328 g/mol. The highest BCUT2D eigenvalue weighted by Crippen LogP contribution is 2.22. The number of aryl methyl sites for hydroxylation is 1. The van der Waals surface area contributed by atoms with Crippen LogP contribution in [0.2, 0.25) is 0 Å². The van der Waals surface area contributed by atoms with E-state index in [4.69, 9.17) is 0 Å². The summed E-state index contributed by atoms with van der Waals surface area (Å²) in [6, 6.07) is 7.37. The van der Waals surface area contributed by atoms with Gasteiger partial charge in [-0.25, -0.2) is 0 Å². The van der Waals surface area contributed by atoms with E-state index >= 15 is 0 Å². The van der Waals surface area contributed by atoms with Crippen LogP contribution < -0.4 is 0 Å². The molecule has 24 heavy (non-hydrogen) atoms. The summed E-state index contributed by atoms with van der Waals surface area (Å²) in [7, 11) is 0. The third-order valence-corrected chi connectivity index (χ3v) is 5.77. The van der Waals surface area contributed by atoms with Crippen molar-refractivity contribution in [2.75, 3.05) is 26.2 Å². The zero-order chi connectivity index (χ0) is 16.6.